The molecule has 3 N–H and O–H groups in total. The van der Waals surface area contributed by atoms with Crippen LogP contribution < -0.4 is 5.32 Å². The molecule has 5 heterocycles. The van der Waals surface area contributed by atoms with Gasteiger partial charge in [-0.1, -0.05) is 37.5 Å². The lowest BCUT2D eigenvalue weighted by atomic mass is 9.88. The molecule has 7 rings (SSSR count). The molecule has 0 bridgehead atoms. The highest BCUT2D eigenvalue weighted by molar-refractivity contribution is 5.97. The minimum absolute atomic E-state index is 0.0238. The van der Waals surface area contributed by atoms with Gasteiger partial charge in [-0.3, -0.25) is 19.9 Å². The maximum Gasteiger partial charge on any atom is 0.227 e. The lowest BCUT2D eigenvalue weighted by Gasteiger charge is -2.20. The molecule has 1 fully saturated rings. The zero-order valence-electron chi connectivity index (χ0n) is 21.8. The van der Waals surface area contributed by atoms with E-state index in [0.717, 1.165) is 32.1 Å². The normalized spacial score (nSPS) is 14.1. The van der Waals surface area contributed by atoms with Gasteiger partial charge in [0.1, 0.15) is 17.2 Å². The number of amides is 1. The molecule has 1 saturated carbocycles. The topological polar surface area (TPSA) is 125 Å². The summed E-state index contributed by atoms with van der Waals surface area (Å²) in [7, 11) is 0. The first-order valence-electron chi connectivity index (χ1n) is 13.5. The Morgan fingerprint density at radius 2 is 1.80 bits per heavy atom. The van der Waals surface area contributed by atoms with Crippen LogP contribution in [0.15, 0.2) is 61.2 Å². The van der Waals surface area contributed by atoms with E-state index in [1.165, 1.54) is 18.5 Å². The number of halogens is 2. The van der Waals surface area contributed by atoms with Gasteiger partial charge in [0.05, 0.1) is 34.5 Å². The quantitative estimate of drug-likeness (QED) is 0.227. The maximum absolute atomic E-state index is 16.1. The summed E-state index contributed by atoms with van der Waals surface area (Å²) < 4.78 is 30.7. The Kier molecular flexibility index (Phi) is 6.18. The minimum Gasteiger partial charge on any atom is -0.335 e. The first-order chi connectivity index (χ1) is 20.1. The molecule has 1 aliphatic carbocycles. The van der Waals surface area contributed by atoms with Gasteiger partial charge in [0.2, 0.25) is 5.91 Å². The summed E-state index contributed by atoms with van der Waals surface area (Å²) in [6, 6.07) is 9.78. The number of pyridine rings is 3. The predicted octanol–water partition coefficient (Wildman–Crippen LogP) is 6.42. The van der Waals surface area contributed by atoms with Crippen molar-refractivity contribution in [3.8, 4) is 33.9 Å². The lowest BCUT2D eigenvalue weighted by Crippen LogP contribution is -2.24. The van der Waals surface area contributed by atoms with Crippen LogP contribution in [0.4, 0.5) is 14.5 Å². The van der Waals surface area contributed by atoms with E-state index in [1.807, 2.05) is 0 Å². The number of hydrogen-bond donors (Lipinski definition) is 3. The molecule has 0 atom stereocenters. The van der Waals surface area contributed by atoms with Crippen LogP contribution >= 0.6 is 0 Å². The van der Waals surface area contributed by atoms with Crippen molar-refractivity contribution in [1.82, 2.24) is 35.1 Å². The Bertz CT molecular complexity index is 1930. The van der Waals surface area contributed by atoms with Gasteiger partial charge >= 0.3 is 0 Å². The highest BCUT2D eigenvalue weighted by Crippen LogP contribution is 2.35. The Labute approximate surface area is 232 Å². The van der Waals surface area contributed by atoms with Crippen molar-refractivity contribution in [3.63, 3.8) is 0 Å². The number of carbonyl (C=O) groups excluding carboxylic acids is 1. The molecule has 41 heavy (non-hydrogen) atoms. The summed E-state index contributed by atoms with van der Waals surface area (Å²) in [5.74, 6) is -0.798. The first-order valence-corrected chi connectivity index (χ1v) is 13.5. The van der Waals surface area contributed by atoms with Crippen molar-refractivity contribution in [2.24, 2.45) is 5.92 Å². The maximum atomic E-state index is 16.1. The van der Waals surface area contributed by atoms with E-state index in [2.05, 4.69) is 40.4 Å². The highest BCUT2D eigenvalue weighted by Gasteiger charge is 2.23. The van der Waals surface area contributed by atoms with E-state index >= 15 is 4.39 Å². The van der Waals surface area contributed by atoms with Gasteiger partial charge in [0.15, 0.2) is 17.3 Å². The summed E-state index contributed by atoms with van der Waals surface area (Å²) in [6.45, 7) is 0. The fourth-order valence-corrected chi connectivity index (χ4v) is 5.52. The number of nitrogens with zero attached hydrogens (tertiary/aromatic N) is 5. The van der Waals surface area contributed by atoms with Gasteiger partial charge in [0, 0.05) is 35.0 Å². The van der Waals surface area contributed by atoms with Gasteiger partial charge in [0.25, 0.3) is 0 Å². The predicted molar refractivity (Wildman–Crippen MR) is 151 cm³/mol. The molecule has 1 amide bonds. The fraction of sp³-hybridized carbons (Fsp3) is 0.200. The third-order valence-corrected chi connectivity index (χ3v) is 7.58. The van der Waals surface area contributed by atoms with Crippen LogP contribution in [0.5, 0.6) is 0 Å². The zero-order valence-corrected chi connectivity index (χ0v) is 21.8. The van der Waals surface area contributed by atoms with Crippen molar-refractivity contribution in [3.05, 3.63) is 72.8 Å². The van der Waals surface area contributed by atoms with E-state index in [1.54, 1.807) is 42.7 Å². The second-order valence-corrected chi connectivity index (χ2v) is 10.2. The van der Waals surface area contributed by atoms with E-state index in [-0.39, 0.29) is 40.2 Å². The fourth-order valence-electron chi connectivity index (χ4n) is 5.52. The first kappa shape index (κ1) is 24.9. The number of hydrogen-bond acceptors (Lipinski definition) is 6. The number of anilines is 1. The lowest BCUT2D eigenvalue weighted by molar-refractivity contribution is -0.120. The van der Waals surface area contributed by atoms with Gasteiger partial charge < -0.3 is 10.3 Å². The molecule has 0 saturated heterocycles. The largest absolute Gasteiger partial charge is 0.335 e. The molecule has 204 valence electrons. The number of aromatic amines is 2. The van der Waals surface area contributed by atoms with Crippen molar-refractivity contribution >= 4 is 33.7 Å². The van der Waals surface area contributed by atoms with E-state index in [9.17, 15) is 9.18 Å². The standard InChI is InChI=1S/C30H24F2N8O/c31-21-9-5-4-8-19(21)20-10-11-34-28-26(20)37-29(38-28)27-23-22(39-40-27)15-35-25(24(23)32)17-12-18(14-33-13-17)36-30(41)16-6-2-1-3-7-16/h4-5,8-16H,1-3,6-7H2,(H,36,41)(H,39,40)(H,34,37,38). The molecule has 6 aromatic rings. The molecule has 0 radical (unpaired) electrons. The summed E-state index contributed by atoms with van der Waals surface area (Å²) in [6.07, 6.45) is 11.1. The smallest absolute Gasteiger partial charge is 0.227 e. The van der Waals surface area contributed by atoms with Crippen LogP contribution in [-0.2, 0) is 4.79 Å². The van der Waals surface area contributed by atoms with Crippen LogP contribution in [0.25, 0.3) is 56.0 Å². The molecule has 1 aliphatic rings. The Morgan fingerprint density at radius 3 is 2.66 bits per heavy atom. The summed E-state index contributed by atoms with van der Waals surface area (Å²) >= 11 is 0. The van der Waals surface area contributed by atoms with Crippen LogP contribution in [0.2, 0.25) is 0 Å². The monoisotopic (exact) mass is 550 g/mol. The number of imidazole rings is 1. The number of fused-ring (bicyclic) bond motifs is 2. The molecular formula is C30H24F2N8O. The van der Waals surface area contributed by atoms with Crippen LogP contribution in [0, 0.1) is 17.6 Å². The molecular weight excluding hydrogens is 526 g/mol. The third-order valence-electron chi connectivity index (χ3n) is 7.58. The number of nitrogens with one attached hydrogen (secondary N) is 3. The van der Waals surface area contributed by atoms with Crippen LogP contribution in [0.3, 0.4) is 0 Å². The number of aromatic nitrogens is 7. The van der Waals surface area contributed by atoms with E-state index in [0.29, 0.717) is 39.1 Å². The Hall–Kier alpha value is -5.06. The molecule has 0 aliphatic heterocycles. The van der Waals surface area contributed by atoms with Gasteiger partial charge in [-0.05, 0) is 31.0 Å². The summed E-state index contributed by atoms with van der Waals surface area (Å²) in [5, 5.41) is 10.2. The molecule has 5 aromatic heterocycles. The summed E-state index contributed by atoms with van der Waals surface area (Å²) in [4.78, 5) is 33.3. The minimum atomic E-state index is -0.619. The van der Waals surface area contributed by atoms with Crippen molar-refractivity contribution in [2.75, 3.05) is 5.32 Å². The second kappa shape index (κ2) is 10.2. The number of carbonyl (C=O) groups is 1. The van der Waals surface area contributed by atoms with Crippen molar-refractivity contribution < 1.29 is 13.6 Å². The van der Waals surface area contributed by atoms with Gasteiger partial charge in [-0.25, -0.2) is 18.7 Å². The van der Waals surface area contributed by atoms with Crippen LogP contribution in [0.1, 0.15) is 32.1 Å². The molecule has 0 unspecified atom stereocenters. The zero-order chi connectivity index (χ0) is 27.9. The number of rotatable bonds is 5. The average molecular weight is 551 g/mol. The third kappa shape index (κ3) is 4.48. The van der Waals surface area contributed by atoms with E-state index in [4.69, 9.17) is 0 Å². The van der Waals surface area contributed by atoms with Gasteiger partial charge in [-0.2, -0.15) is 5.10 Å². The second-order valence-electron chi connectivity index (χ2n) is 10.2. The number of H-pyrrole nitrogens is 2. The Morgan fingerprint density at radius 1 is 0.951 bits per heavy atom. The molecule has 9 nitrogen and oxygen atoms in total. The molecule has 11 heteroatoms. The highest BCUT2D eigenvalue weighted by atomic mass is 19.1. The van der Waals surface area contributed by atoms with Crippen LogP contribution in [-0.4, -0.2) is 41.0 Å². The number of benzene rings is 1. The van der Waals surface area contributed by atoms with Crippen molar-refractivity contribution in [2.45, 2.75) is 32.1 Å². The van der Waals surface area contributed by atoms with Gasteiger partial charge in [-0.15, -0.1) is 0 Å². The van der Waals surface area contributed by atoms with E-state index < -0.39 is 5.82 Å². The summed E-state index contributed by atoms with van der Waals surface area (Å²) in [5.41, 5.74) is 3.37. The van der Waals surface area contributed by atoms with Crippen molar-refractivity contribution in [1.29, 1.82) is 0 Å². The SMILES string of the molecule is O=C(Nc1cncc(-c2ncc3[nH]nc(-c4nc5nccc(-c6ccccc6F)c5[nH]4)c3c2F)c1)C1CCCCC1. The average Bonchev–Trinajstić information content (AvgIpc) is 3.63. The molecule has 1 aromatic carbocycles. The Balaban J connectivity index is 1.27. The molecule has 0 spiro atoms.